The van der Waals surface area contributed by atoms with Crippen LogP contribution >= 0.6 is 0 Å². The van der Waals surface area contributed by atoms with Gasteiger partial charge in [-0.15, -0.1) is 0 Å². The van der Waals surface area contributed by atoms with Crippen LogP contribution in [-0.4, -0.2) is 22.5 Å². The summed E-state index contributed by atoms with van der Waals surface area (Å²) >= 11 is 0. The van der Waals surface area contributed by atoms with Crippen molar-refractivity contribution in [3.8, 4) is 5.75 Å². The lowest BCUT2D eigenvalue weighted by atomic mass is 10.3. The van der Waals surface area contributed by atoms with E-state index in [1.54, 1.807) is 19.3 Å². The van der Waals surface area contributed by atoms with Crippen LogP contribution in [0, 0.1) is 11.6 Å². The van der Waals surface area contributed by atoms with E-state index in [0.29, 0.717) is 11.9 Å². The highest BCUT2D eigenvalue weighted by molar-refractivity contribution is 5.77. The molecule has 0 radical (unpaired) electrons. The minimum atomic E-state index is -0.850. The Kier molecular flexibility index (Phi) is 4.29. The molecule has 2 N–H and O–H groups in total. The standard InChI is InChI=1S/C13H13F2N3O2/c1-8(13-16-4-5-17-13)18-12(19)7-20-11-3-2-9(14)6-10(11)15/h2-6,8H,7H2,1H3,(H,16,17)(H,18,19). The molecule has 2 rings (SSSR count). The molecule has 1 aromatic heterocycles. The minimum Gasteiger partial charge on any atom is -0.481 e. The van der Waals surface area contributed by atoms with E-state index >= 15 is 0 Å². The summed E-state index contributed by atoms with van der Waals surface area (Å²) in [6.07, 6.45) is 3.21. The Morgan fingerprint density at radius 3 is 2.95 bits per heavy atom. The topological polar surface area (TPSA) is 67.0 Å². The van der Waals surface area contributed by atoms with Crippen molar-refractivity contribution in [3.63, 3.8) is 0 Å². The number of nitrogens with zero attached hydrogens (tertiary/aromatic N) is 1. The molecule has 7 heteroatoms. The van der Waals surface area contributed by atoms with E-state index in [4.69, 9.17) is 4.74 Å². The van der Waals surface area contributed by atoms with Gasteiger partial charge >= 0.3 is 0 Å². The number of halogens is 2. The van der Waals surface area contributed by atoms with Gasteiger partial charge in [0.1, 0.15) is 11.6 Å². The zero-order chi connectivity index (χ0) is 14.5. The van der Waals surface area contributed by atoms with Gasteiger partial charge in [-0.25, -0.2) is 13.8 Å². The highest BCUT2D eigenvalue weighted by atomic mass is 19.1. The molecular formula is C13H13F2N3O2. The first-order valence-electron chi connectivity index (χ1n) is 5.92. The Labute approximate surface area is 114 Å². The lowest BCUT2D eigenvalue weighted by Gasteiger charge is -2.12. The van der Waals surface area contributed by atoms with Crippen LogP contribution < -0.4 is 10.1 Å². The van der Waals surface area contributed by atoms with Crippen molar-refractivity contribution >= 4 is 5.91 Å². The molecule has 5 nitrogen and oxygen atoms in total. The predicted molar refractivity (Wildman–Crippen MR) is 67.0 cm³/mol. The number of carbonyl (C=O) groups is 1. The maximum Gasteiger partial charge on any atom is 0.258 e. The summed E-state index contributed by atoms with van der Waals surface area (Å²) in [5.41, 5.74) is 0. The second kappa shape index (κ2) is 6.14. The maximum absolute atomic E-state index is 13.3. The minimum absolute atomic E-state index is 0.174. The van der Waals surface area contributed by atoms with E-state index in [9.17, 15) is 13.6 Å². The third-order valence-electron chi connectivity index (χ3n) is 2.56. The van der Waals surface area contributed by atoms with Gasteiger partial charge in [0, 0.05) is 18.5 Å². The van der Waals surface area contributed by atoms with E-state index in [-0.39, 0.29) is 18.4 Å². The monoisotopic (exact) mass is 281 g/mol. The van der Waals surface area contributed by atoms with Crippen molar-refractivity contribution < 1.29 is 18.3 Å². The molecule has 20 heavy (non-hydrogen) atoms. The summed E-state index contributed by atoms with van der Waals surface area (Å²) in [5.74, 6) is -1.56. The van der Waals surface area contributed by atoms with Gasteiger partial charge in [0.15, 0.2) is 18.2 Å². The first-order chi connectivity index (χ1) is 9.56. The van der Waals surface area contributed by atoms with Crippen LogP contribution in [0.3, 0.4) is 0 Å². The molecule has 1 aromatic carbocycles. The normalized spacial score (nSPS) is 11.9. The average molecular weight is 281 g/mol. The molecule has 0 aliphatic rings. The molecule has 1 heterocycles. The molecule has 0 fully saturated rings. The fraction of sp³-hybridized carbons (Fsp3) is 0.231. The van der Waals surface area contributed by atoms with Crippen molar-refractivity contribution in [2.75, 3.05) is 6.61 Å². The number of imidazole rings is 1. The van der Waals surface area contributed by atoms with E-state index in [2.05, 4.69) is 15.3 Å². The Morgan fingerprint density at radius 1 is 1.50 bits per heavy atom. The summed E-state index contributed by atoms with van der Waals surface area (Å²) < 4.78 is 31.0. The van der Waals surface area contributed by atoms with Crippen LogP contribution in [0.15, 0.2) is 30.6 Å². The number of nitrogens with one attached hydrogen (secondary N) is 2. The summed E-state index contributed by atoms with van der Waals surface area (Å²) in [6.45, 7) is 1.38. The Morgan fingerprint density at radius 2 is 2.30 bits per heavy atom. The molecule has 1 atom stereocenters. The second-order valence-corrected chi connectivity index (χ2v) is 4.13. The number of hydrogen-bond donors (Lipinski definition) is 2. The number of amides is 1. The molecule has 0 saturated heterocycles. The predicted octanol–water partition coefficient (Wildman–Crippen LogP) is 1.94. The van der Waals surface area contributed by atoms with Crippen molar-refractivity contribution in [2.24, 2.45) is 0 Å². The zero-order valence-corrected chi connectivity index (χ0v) is 10.7. The Balaban J connectivity index is 1.86. The highest BCUT2D eigenvalue weighted by Crippen LogP contribution is 2.17. The van der Waals surface area contributed by atoms with Gasteiger partial charge in [-0.3, -0.25) is 4.79 Å². The molecule has 1 amide bonds. The number of rotatable bonds is 5. The highest BCUT2D eigenvalue weighted by Gasteiger charge is 2.13. The second-order valence-electron chi connectivity index (χ2n) is 4.13. The van der Waals surface area contributed by atoms with E-state index in [1.165, 1.54) is 0 Å². The number of carbonyl (C=O) groups excluding carboxylic acids is 1. The zero-order valence-electron chi connectivity index (χ0n) is 10.7. The maximum atomic E-state index is 13.3. The van der Waals surface area contributed by atoms with Crippen LogP contribution in [0.5, 0.6) is 5.75 Å². The number of H-pyrrole nitrogens is 1. The molecule has 2 aromatic rings. The fourth-order valence-electron chi connectivity index (χ4n) is 1.60. The van der Waals surface area contributed by atoms with Gasteiger partial charge < -0.3 is 15.0 Å². The largest absolute Gasteiger partial charge is 0.481 e. The Hall–Kier alpha value is -2.44. The van der Waals surface area contributed by atoms with Crippen molar-refractivity contribution in [3.05, 3.63) is 48.1 Å². The third kappa shape index (κ3) is 3.53. The molecular weight excluding hydrogens is 268 g/mol. The molecule has 0 aliphatic carbocycles. The smallest absolute Gasteiger partial charge is 0.258 e. The number of hydrogen-bond acceptors (Lipinski definition) is 3. The van der Waals surface area contributed by atoms with Crippen LogP contribution in [0.25, 0.3) is 0 Å². The average Bonchev–Trinajstić information content (AvgIpc) is 2.91. The molecule has 0 bridgehead atoms. The lowest BCUT2D eigenvalue weighted by Crippen LogP contribution is -2.31. The first-order valence-corrected chi connectivity index (χ1v) is 5.92. The van der Waals surface area contributed by atoms with Gasteiger partial charge in [0.25, 0.3) is 5.91 Å². The van der Waals surface area contributed by atoms with Gasteiger partial charge in [-0.1, -0.05) is 0 Å². The van der Waals surface area contributed by atoms with Crippen LogP contribution in [0.2, 0.25) is 0 Å². The van der Waals surface area contributed by atoms with Gasteiger partial charge in [0.2, 0.25) is 0 Å². The quantitative estimate of drug-likeness (QED) is 0.880. The van der Waals surface area contributed by atoms with Crippen molar-refractivity contribution in [1.82, 2.24) is 15.3 Å². The number of benzene rings is 1. The SMILES string of the molecule is CC(NC(=O)COc1ccc(F)cc1F)c1ncc[nH]1. The Bertz CT molecular complexity index is 587. The molecule has 0 aliphatic heterocycles. The summed E-state index contributed by atoms with van der Waals surface area (Å²) in [7, 11) is 0. The number of ether oxygens (including phenoxy) is 1. The third-order valence-corrected chi connectivity index (χ3v) is 2.56. The molecule has 0 spiro atoms. The van der Waals surface area contributed by atoms with Crippen molar-refractivity contribution in [1.29, 1.82) is 0 Å². The van der Waals surface area contributed by atoms with Crippen LogP contribution in [-0.2, 0) is 4.79 Å². The lowest BCUT2D eigenvalue weighted by molar-refractivity contribution is -0.123. The van der Waals surface area contributed by atoms with Crippen LogP contribution in [0.4, 0.5) is 8.78 Å². The van der Waals surface area contributed by atoms with Gasteiger partial charge in [-0.2, -0.15) is 0 Å². The van der Waals surface area contributed by atoms with E-state index in [1.807, 2.05) is 0 Å². The summed E-state index contributed by atoms with van der Waals surface area (Å²) in [5, 5.41) is 2.63. The van der Waals surface area contributed by atoms with Gasteiger partial charge in [0.05, 0.1) is 6.04 Å². The van der Waals surface area contributed by atoms with Gasteiger partial charge in [-0.05, 0) is 19.1 Å². The van der Waals surface area contributed by atoms with E-state index < -0.39 is 17.5 Å². The number of aromatic amines is 1. The molecule has 1 unspecified atom stereocenters. The fourth-order valence-corrected chi connectivity index (χ4v) is 1.60. The molecule has 0 saturated carbocycles. The van der Waals surface area contributed by atoms with Crippen LogP contribution in [0.1, 0.15) is 18.8 Å². The molecule has 106 valence electrons. The summed E-state index contributed by atoms with van der Waals surface area (Å²) in [6, 6.07) is 2.56. The van der Waals surface area contributed by atoms with Crippen molar-refractivity contribution in [2.45, 2.75) is 13.0 Å². The first kappa shape index (κ1) is 14.0. The van der Waals surface area contributed by atoms with E-state index in [0.717, 1.165) is 12.1 Å². The summed E-state index contributed by atoms with van der Waals surface area (Å²) in [4.78, 5) is 18.5. The number of aromatic nitrogens is 2.